The fraction of sp³-hybridized carbons (Fsp3) is 0.353. The van der Waals surface area contributed by atoms with Crippen LogP contribution in [-0.4, -0.2) is 22.1 Å². The fourth-order valence-corrected chi connectivity index (χ4v) is 1.74. The number of hydrogen-bond donors (Lipinski definition) is 4. The van der Waals surface area contributed by atoms with Crippen LogP contribution >= 0.6 is 0 Å². The molecule has 2 rings (SSSR count). The third-order valence-corrected chi connectivity index (χ3v) is 2.77. The van der Waals surface area contributed by atoms with Crippen LogP contribution in [-0.2, 0) is 17.8 Å². The summed E-state index contributed by atoms with van der Waals surface area (Å²) >= 11 is 0. The van der Waals surface area contributed by atoms with Crippen molar-refractivity contribution in [2.24, 2.45) is 5.73 Å². The Morgan fingerprint density at radius 2 is 1.64 bits per heavy atom. The van der Waals surface area contributed by atoms with Crippen LogP contribution in [0.25, 0.3) is 0 Å². The van der Waals surface area contributed by atoms with Gasteiger partial charge in [-0.05, 0) is 32.9 Å². The van der Waals surface area contributed by atoms with Crippen molar-refractivity contribution in [2.75, 3.05) is 0 Å². The average Bonchev–Trinajstić information content (AvgIpc) is 2.52. The number of aromatic nitrogens is 2. The van der Waals surface area contributed by atoms with Gasteiger partial charge < -0.3 is 15.8 Å². The van der Waals surface area contributed by atoms with E-state index in [1.54, 1.807) is 51.4 Å². The van der Waals surface area contributed by atoms with Gasteiger partial charge in [0.1, 0.15) is 5.60 Å². The van der Waals surface area contributed by atoms with Crippen molar-refractivity contribution >= 4 is 6.09 Å². The van der Waals surface area contributed by atoms with Gasteiger partial charge in [0.2, 0.25) is 24.8 Å². The summed E-state index contributed by atoms with van der Waals surface area (Å²) in [5.74, 6) is 0. The molecule has 0 radical (unpaired) electrons. The summed E-state index contributed by atoms with van der Waals surface area (Å²) in [7, 11) is 0. The maximum atomic E-state index is 11.3. The molecule has 0 spiro atoms. The Morgan fingerprint density at radius 3 is 2.08 bits per heavy atom. The minimum atomic E-state index is -0.502. The smallest absolute Gasteiger partial charge is 0.407 e. The number of nitrogens with two attached hydrogens (primary N) is 1. The second-order valence-corrected chi connectivity index (χ2v) is 6.24. The SMILES string of the molecule is CC(C)(C)OC(=O)NCc1ccc[n+](O)c1.NCc1ccc[n+](O)c1. The first-order chi connectivity index (χ1) is 11.7. The fourth-order valence-electron chi connectivity index (χ4n) is 1.74. The Kier molecular flexibility index (Phi) is 7.61. The van der Waals surface area contributed by atoms with Crippen LogP contribution in [0.2, 0.25) is 0 Å². The van der Waals surface area contributed by atoms with Crippen molar-refractivity contribution in [1.82, 2.24) is 5.32 Å². The second-order valence-electron chi connectivity index (χ2n) is 6.24. The first-order valence-corrected chi connectivity index (χ1v) is 7.75. The predicted octanol–water partition coefficient (Wildman–Crippen LogP) is 0.906. The predicted molar refractivity (Wildman–Crippen MR) is 88.6 cm³/mol. The highest BCUT2D eigenvalue weighted by molar-refractivity contribution is 5.67. The molecule has 0 aliphatic rings. The highest BCUT2D eigenvalue weighted by Gasteiger charge is 2.15. The Hall–Kier alpha value is -2.87. The highest BCUT2D eigenvalue weighted by Crippen LogP contribution is 2.06. The van der Waals surface area contributed by atoms with Gasteiger partial charge >= 0.3 is 6.09 Å². The molecule has 0 aliphatic heterocycles. The van der Waals surface area contributed by atoms with Crippen molar-refractivity contribution in [3.63, 3.8) is 0 Å². The monoisotopic (exact) mass is 350 g/mol. The van der Waals surface area contributed by atoms with Gasteiger partial charge in [0.25, 0.3) is 0 Å². The van der Waals surface area contributed by atoms with E-state index in [1.807, 2.05) is 6.07 Å². The summed E-state index contributed by atoms with van der Waals surface area (Å²) in [6.07, 6.45) is 5.65. The summed E-state index contributed by atoms with van der Waals surface area (Å²) in [5, 5.41) is 20.5. The number of hydrogen-bond acceptors (Lipinski definition) is 5. The number of carbonyl (C=O) groups excluding carboxylic acids is 1. The van der Waals surface area contributed by atoms with Crippen LogP contribution in [0.15, 0.2) is 49.1 Å². The van der Waals surface area contributed by atoms with E-state index in [0.29, 0.717) is 13.1 Å². The van der Waals surface area contributed by atoms with Gasteiger partial charge in [-0.15, -0.1) is 0 Å². The van der Waals surface area contributed by atoms with Crippen LogP contribution in [0.3, 0.4) is 0 Å². The van der Waals surface area contributed by atoms with Crippen molar-refractivity contribution in [1.29, 1.82) is 0 Å². The van der Waals surface area contributed by atoms with Crippen molar-refractivity contribution in [2.45, 2.75) is 39.5 Å². The first kappa shape index (κ1) is 20.2. The van der Waals surface area contributed by atoms with E-state index in [2.05, 4.69) is 5.32 Å². The van der Waals surface area contributed by atoms with Crippen molar-refractivity contribution in [3.8, 4) is 0 Å². The number of rotatable bonds is 3. The Morgan fingerprint density at radius 1 is 1.12 bits per heavy atom. The first-order valence-electron chi connectivity index (χ1n) is 7.75. The van der Waals surface area contributed by atoms with Gasteiger partial charge in [0.15, 0.2) is 0 Å². The van der Waals surface area contributed by atoms with Gasteiger partial charge in [-0.2, -0.15) is 0 Å². The van der Waals surface area contributed by atoms with Crippen LogP contribution < -0.4 is 20.5 Å². The zero-order valence-electron chi connectivity index (χ0n) is 14.7. The molecule has 0 fully saturated rings. The van der Waals surface area contributed by atoms with E-state index >= 15 is 0 Å². The normalized spacial score (nSPS) is 10.4. The van der Waals surface area contributed by atoms with E-state index in [9.17, 15) is 4.79 Å². The summed E-state index contributed by atoms with van der Waals surface area (Å²) in [4.78, 5) is 11.3. The number of amides is 1. The molecule has 0 aromatic carbocycles. The van der Waals surface area contributed by atoms with Crippen LogP contribution in [0.4, 0.5) is 4.79 Å². The van der Waals surface area contributed by atoms with Crippen LogP contribution in [0.5, 0.6) is 0 Å². The average molecular weight is 350 g/mol. The molecule has 25 heavy (non-hydrogen) atoms. The number of nitrogens with one attached hydrogen (secondary N) is 1. The van der Waals surface area contributed by atoms with E-state index in [4.69, 9.17) is 20.9 Å². The topological polar surface area (TPSA) is 113 Å². The van der Waals surface area contributed by atoms with E-state index in [0.717, 1.165) is 20.6 Å². The van der Waals surface area contributed by atoms with Crippen LogP contribution in [0, 0.1) is 0 Å². The third-order valence-electron chi connectivity index (χ3n) is 2.77. The lowest BCUT2D eigenvalue weighted by atomic mass is 10.2. The standard InChI is InChI=1S/C11H16N2O3.C6H9N2O/c1-11(2,3)16-10(14)12-7-9-5-4-6-13(15)8-9;7-4-6-2-1-3-8(9)5-6/h4-6,8H,7H2,1-3H3,(H-,12,14,15);1-3,5,9H,4,7H2/q;+1/p+1. The van der Waals surface area contributed by atoms with Crippen LogP contribution in [0.1, 0.15) is 31.9 Å². The Balaban J connectivity index is 0.000000293. The van der Waals surface area contributed by atoms with Crippen molar-refractivity contribution < 1.29 is 29.4 Å². The van der Waals surface area contributed by atoms with Gasteiger partial charge in [-0.1, -0.05) is 0 Å². The molecule has 8 heteroatoms. The summed E-state index contributed by atoms with van der Waals surface area (Å²) in [6.45, 7) is 6.18. The number of nitrogens with zero attached hydrogens (tertiary/aromatic N) is 2. The lowest BCUT2D eigenvalue weighted by Gasteiger charge is -2.19. The quantitative estimate of drug-likeness (QED) is 0.485. The number of carbonyl (C=O) groups is 1. The maximum absolute atomic E-state index is 11.3. The molecule has 0 saturated carbocycles. The molecule has 2 aromatic heterocycles. The second kappa shape index (κ2) is 9.43. The molecule has 8 nitrogen and oxygen atoms in total. The molecule has 0 saturated heterocycles. The largest absolute Gasteiger partial charge is 0.444 e. The maximum Gasteiger partial charge on any atom is 0.407 e. The van der Waals surface area contributed by atoms with Gasteiger partial charge in [-0.3, -0.25) is 10.4 Å². The molecule has 0 atom stereocenters. The van der Waals surface area contributed by atoms with Gasteiger partial charge in [0.05, 0.1) is 6.54 Å². The molecule has 2 aromatic rings. The summed E-state index contributed by atoms with van der Waals surface area (Å²) in [5.41, 5.74) is 6.50. The third kappa shape index (κ3) is 9.11. The van der Waals surface area contributed by atoms with Gasteiger partial charge in [0, 0.05) is 39.3 Å². The van der Waals surface area contributed by atoms with E-state index < -0.39 is 11.7 Å². The lowest BCUT2D eigenvalue weighted by molar-refractivity contribution is -0.905. The Bertz CT molecular complexity index is 686. The van der Waals surface area contributed by atoms with E-state index in [1.165, 1.54) is 12.4 Å². The highest BCUT2D eigenvalue weighted by atomic mass is 16.6. The molecule has 5 N–H and O–H groups in total. The van der Waals surface area contributed by atoms with Gasteiger partial charge in [-0.25, -0.2) is 4.79 Å². The summed E-state index contributed by atoms with van der Waals surface area (Å²) < 4.78 is 7.00. The molecule has 0 bridgehead atoms. The molecule has 0 unspecified atom stereocenters. The lowest BCUT2D eigenvalue weighted by Crippen LogP contribution is -2.33. The molecular weight excluding hydrogens is 324 g/mol. The number of alkyl carbamates (subject to hydrolysis) is 1. The Labute approximate surface area is 147 Å². The minimum absolute atomic E-state index is 0.316. The van der Waals surface area contributed by atoms with E-state index in [-0.39, 0.29) is 0 Å². The number of ether oxygens (including phenoxy) is 1. The zero-order chi connectivity index (χ0) is 18.9. The zero-order valence-corrected chi connectivity index (χ0v) is 14.7. The molecular formula is C17H26N4O4+2. The minimum Gasteiger partial charge on any atom is -0.444 e. The molecule has 136 valence electrons. The molecule has 2 heterocycles. The summed E-state index contributed by atoms with van der Waals surface area (Å²) in [6, 6.07) is 7.07. The van der Waals surface area contributed by atoms with Crippen molar-refractivity contribution in [3.05, 3.63) is 60.2 Å². The molecule has 1 amide bonds. The number of pyridine rings is 2. The molecule has 0 aliphatic carbocycles.